The Bertz CT molecular complexity index is 1230. The van der Waals surface area contributed by atoms with Crippen LogP contribution in [0.25, 0.3) is 17.0 Å². The number of aromatic amines is 1. The number of nitrogens with zero attached hydrogens (tertiary/aromatic N) is 2. The fraction of sp³-hybridized carbons (Fsp3) is 0.483. The molecule has 6 rings (SSSR count). The highest BCUT2D eigenvalue weighted by atomic mass is 16.5. The number of carbonyl (C=O) groups is 1. The highest BCUT2D eigenvalue weighted by Gasteiger charge is 2.30. The van der Waals surface area contributed by atoms with Gasteiger partial charge in [-0.1, -0.05) is 6.08 Å². The van der Waals surface area contributed by atoms with Crippen molar-refractivity contribution in [2.45, 2.75) is 44.4 Å². The van der Waals surface area contributed by atoms with E-state index >= 15 is 0 Å². The van der Waals surface area contributed by atoms with Crippen molar-refractivity contribution in [2.75, 3.05) is 39.8 Å². The van der Waals surface area contributed by atoms with Crippen LogP contribution in [-0.2, 0) is 6.42 Å². The average Bonchev–Trinajstić information content (AvgIpc) is 3.53. The van der Waals surface area contributed by atoms with Crippen LogP contribution in [0.4, 0.5) is 0 Å². The molecule has 1 aliphatic carbocycles. The van der Waals surface area contributed by atoms with Crippen LogP contribution in [0.3, 0.4) is 0 Å². The largest absolute Gasteiger partial charge is 0.497 e. The minimum atomic E-state index is 0.113. The van der Waals surface area contributed by atoms with E-state index in [-0.39, 0.29) is 5.91 Å². The molecule has 0 spiro atoms. The van der Waals surface area contributed by atoms with Gasteiger partial charge in [0.15, 0.2) is 0 Å². The summed E-state index contributed by atoms with van der Waals surface area (Å²) in [4.78, 5) is 21.3. The molecule has 0 unspecified atom stereocenters. The second kappa shape index (κ2) is 9.57. The number of allylic oxidation sites excluding steroid dienone is 1. The third kappa shape index (κ3) is 4.52. The molecule has 184 valence electrons. The fourth-order valence-electron chi connectivity index (χ4n) is 6.29. The number of hydrogen-bond donors (Lipinski definition) is 1. The van der Waals surface area contributed by atoms with E-state index < -0.39 is 0 Å². The zero-order valence-electron chi connectivity index (χ0n) is 20.6. The molecular weight excluding hydrogens is 438 g/mol. The summed E-state index contributed by atoms with van der Waals surface area (Å²) in [6.07, 6.45) is 13.3. The van der Waals surface area contributed by atoms with E-state index in [0.29, 0.717) is 17.5 Å². The summed E-state index contributed by atoms with van der Waals surface area (Å²) in [6, 6.07) is 7.83. The molecule has 2 aromatic heterocycles. The van der Waals surface area contributed by atoms with Crippen molar-refractivity contribution < 1.29 is 13.9 Å². The maximum absolute atomic E-state index is 13.3. The van der Waals surface area contributed by atoms with Crippen molar-refractivity contribution in [1.82, 2.24) is 14.8 Å². The van der Waals surface area contributed by atoms with Crippen LogP contribution in [0.2, 0.25) is 0 Å². The van der Waals surface area contributed by atoms with Crippen LogP contribution in [0.1, 0.15) is 65.4 Å². The van der Waals surface area contributed by atoms with Crippen LogP contribution in [0.15, 0.2) is 41.0 Å². The van der Waals surface area contributed by atoms with E-state index in [2.05, 4.69) is 22.0 Å². The third-order valence-electron chi connectivity index (χ3n) is 8.20. The number of H-pyrrole nitrogens is 1. The highest BCUT2D eigenvalue weighted by molar-refractivity contribution is 5.98. The SMILES string of the molecule is COc1ccc2[nH]c(C(=O)N3CCC[C@@H](CN4CCC(c5coc6c5CCC=C6)CC4)C3)cc2c1. The normalized spacial score (nSPS) is 21.4. The summed E-state index contributed by atoms with van der Waals surface area (Å²) >= 11 is 0. The molecule has 6 nitrogen and oxygen atoms in total. The van der Waals surface area contributed by atoms with Crippen LogP contribution in [0.5, 0.6) is 5.75 Å². The lowest BCUT2D eigenvalue weighted by atomic mass is 9.85. The summed E-state index contributed by atoms with van der Waals surface area (Å²) in [7, 11) is 1.67. The maximum atomic E-state index is 13.3. The average molecular weight is 474 g/mol. The van der Waals surface area contributed by atoms with Gasteiger partial charge in [0.05, 0.1) is 13.4 Å². The first-order chi connectivity index (χ1) is 17.2. The van der Waals surface area contributed by atoms with Crippen LogP contribution >= 0.6 is 0 Å². The second-order valence-electron chi connectivity index (χ2n) is 10.4. The summed E-state index contributed by atoms with van der Waals surface area (Å²) in [5.41, 5.74) is 4.55. The van der Waals surface area contributed by atoms with Crippen molar-refractivity contribution in [3.8, 4) is 5.75 Å². The van der Waals surface area contributed by atoms with E-state index in [1.807, 2.05) is 35.4 Å². The van der Waals surface area contributed by atoms with Crippen molar-refractivity contribution in [2.24, 2.45) is 5.92 Å². The first-order valence-electron chi connectivity index (χ1n) is 13.1. The molecule has 0 radical (unpaired) electrons. The molecule has 2 aliphatic heterocycles. The molecule has 1 amide bonds. The molecule has 1 aromatic carbocycles. The van der Waals surface area contributed by atoms with Crippen LogP contribution < -0.4 is 4.74 Å². The lowest BCUT2D eigenvalue weighted by molar-refractivity contribution is 0.0622. The quantitative estimate of drug-likeness (QED) is 0.534. The number of hydrogen-bond acceptors (Lipinski definition) is 4. The Morgan fingerprint density at radius 2 is 2.06 bits per heavy atom. The fourth-order valence-corrected chi connectivity index (χ4v) is 6.29. The van der Waals surface area contributed by atoms with Gasteiger partial charge in [-0.2, -0.15) is 0 Å². The Labute approximate surface area is 206 Å². The first-order valence-corrected chi connectivity index (χ1v) is 13.1. The standard InChI is InChI=1S/C29H35N3O3/c1-34-23-8-9-26-22(15-23)16-27(30-26)29(33)32-12-4-5-20(18-32)17-31-13-10-21(11-14-31)25-19-35-28-7-3-2-6-24(25)28/h3,7-9,15-16,19-21,30H,2,4-6,10-14,17-18H2,1H3/t20-/m0/s1. The Kier molecular flexibility index (Phi) is 6.15. The maximum Gasteiger partial charge on any atom is 0.270 e. The van der Waals surface area contributed by atoms with Gasteiger partial charge in [-0.3, -0.25) is 4.79 Å². The Balaban J connectivity index is 1.05. The lowest BCUT2D eigenvalue weighted by Crippen LogP contribution is -2.45. The van der Waals surface area contributed by atoms with Crippen molar-refractivity contribution >= 4 is 22.9 Å². The Hall–Kier alpha value is -2.99. The minimum Gasteiger partial charge on any atom is -0.497 e. The number of likely N-dealkylation sites (tertiary alicyclic amines) is 2. The number of amides is 1. The second-order valence-corrected chi connectivity index (χ2v) is 10.4. The summed E-state index contributed by atoms with van der Waals surface area (Å²) in [5.74, 6) is 3.16. The number of rotatable bonds is 5. The molecule has 0 bridgehead atoms. The predicted molar refractivity (Wildman–Crippen MR) is 138 cm³/mol. The zero-order valence-corrected chi connectivity index (χ0v) is 20.6. The Morgan fingerprint density at radius 3 is 2.91 bits per heavy atom. The first kappa shape index (κ1) is 22.5. The predicted octanol–water partition coefficient (Wildman–Crippen LogP) is 5.46. The summed E-state index contributed by atoms with van der Waals surface area (Å²) in [5, 5.41) is 1.01. The van der Waals surface area contributed by atoms with E-state index in [1.165, 1.54) is 30.4 Å². The van der Waals surface area contributed by atoms with Crippen LogP contribution in [0, 0.1) is 5.92 Å². The summed E-state index contributed by atoms with van der Waals surface area (Å²) in [6.45, 7) is 5.05. The molecule has 3 aromatic rings. The number of carbonyl (C=O) groups excluding carboxylic acids is 1. The zero-order chi connectivity index (χ0) is 23.8. The van der Waals surface area contributed by atoms with Crippen molar-refractivity contribution in [3.63, 3.8) is 0 Å². The molecule has 3 aliphatic rings. The van der Waals surface area contributed by atoms with Gasteiger partial charge in [-0.25, -0.2) is 0 Å². The third-order valence-corrected chi connectivity index (χ3v) is 8.20. The van der Waals surface area contributed by atoms with E-state index in [1.54, 1.807) is 7.11 Å². The molecule has 2 saturated heterocycles. The minimum absolute atomic E-state index is 0.113. The monoisotopic (exact) mass is 473 g/mol. The Morgan fingerprint density at radius 1 is 1.17 bits per heavy atom. The van der Waals surface area contributed by atoms with Gasteiger partial charge < -0.3 is 23.9 Å². The number of aromatic nitrogens is 1. The van der Waals surface area contributed by atoms with Gasteiger partial charge in [0.25, 0.3) is 5.91 Å². The van der Waals surface area contributed by atoms with Gasteiger partial charge in [0.1, 0.15) is 17.2 Å². The van der Waals surface area contributed by atoms with Gasteiger partial charge >= 0.3 is 0 Å². The van der Waals surface area contributed by atoms with Crippen molar-refractivity contribution in [1.29, 1.82) is 0 Å². The number of piperidine rings is 2. The van der Waals surface area contributed by atoms with Crippen molar-refractivity contribution in [3.05, 3.63) is 59.2 Å². The molecule has 35 heavy (non-hydrogen) atoms. The molecule has 1 N–H and O–H groups in total. The molecule has 1 atom stereocenters. The van der Waals surface area contributed by atoms with Gasteiger partial charge in [0.2, 0.25) is 0 Å². The van der Waals surface area contributed by atoms with Gasteiger partial charge in [0, 0.05) is 36.1 Å². The van der Waals surface area contributed by atoms with Gasteiger partial charge in [-0.05, 0) is 99.4 Å². The highest BCUT2D eigenvalue weighted by Crippen LogP contribution is 2.36. The number of benzene rings is 1. The number of fused-ring (bicyclic) bond motifs is 2. The number of furan rings is 1. The van der Waals surface area contributed by atoms with E-state index in [0.717, 1.165) is 74.4 Å². The van der Waals surface area contributed by atoms with Crippen LogP contribution in [-0.4, -0.2) is 60.5 Å². The van der Waals surface area contributed by atoms with E-state index in [9.17, 15) is 4.79 Å². The topological polar surface area (TPSA) is 61.7 Å². The molecular formula is C29H35N3O3. The van der Waals surface area contributed by atoms with E-state index in [4.69, 9.17) is 9.15 Å². The summed E-state index contributed by atoms with van der Waals surface area (Å²) < 4.78 is 11.2. The molecule has 2 fully saturated rings. The number of methoxy groups -OCH3 is 1. The number of nitrogens with one attached hydrogen (secondary N) is 1. The lowest BCUT2D eigenvalue weighted by Gasteiger charge is -2.38. The molecule has 4 heterocycles. The molecule has 6 heteroatoms. The smallest absolute Gasteiger partial charge is 0.270 e. The van der Waals surface area contributed by atoms with Gasteiger partial charge in [-0.15, -0.1) is 0 Å². The number of ether oxygens (including phenoxy) is 1. The molecule has 0 saturated carbocycles.